The molecule has 25 heavy (non-hydrogen) atoms. The smallest absolute Gasteiger partial charge is 0.416 e. The van der Waals surface area contributed by atoms with Gasteiger partial charge < -0.3 is 19.8 Å². The lowest BCUT2D eigenvalue weighted by Crippen LogP contribution is -2.13. The Bertz CT molecular complexity index is 921. The third kappa shape index (κ3) is 3.25. The Hall–Kier alpha value is -2.74. The summed E-state index contributed by atoms with van der Waals surface area (Å²) in [4.78, 5) is 7.21. The van der Waals surface area contributed by atoms with E-state index in [1.807, 2.05) is 18.2 Å². The van der Waals surface area contributed by atoms with Crippen LogP contribution in [0.4, 0.5) is 13.2 Å². The molecule has 0 spiro atoms. The standard InChI is InChI=1S/C17H14F3N3O2/c18-17(19,20)11-2-3-12-13(6-11)23-16(22-12)8-21-7-10-1-4-14-15(5-10)25-9-24-14/h1-6,21H,7-9H2,(H,22,23). The van der Waals surface area contributed by atoms with E-state index in [4.69, 9.17) is 9.47 Å². The van der Waals surface area contributed by atoms with Crippen molar-refractivity contribution in [2.75, 3.05) is 6.79 Å². The molecule has 0 atom stereocenters. The molecular weight excluding hydrogens is 335 g/mol. The van der Waals surface area contributed by atoms with Gasteiger partial charge in [-0.15, -0.1) is 0 Å². The quantitative estimate of drug-likeness (QED) is 0.756. The first-order valence-electron chi connectivity index (χ1n) is 7.64. The summed E-state index contributed by atoms with van der Waals surface area (Å²) in [7, 11) is 0. The fraction of sp³-hybridized carbons (Fsp3) is 0.235. The van der Waals surface area contributed by atoms with Gasteiger partial charge in [0.15, 0.2) is 11.5 Å². The Balaban J connectivity index is 1.42. The SMILES string of the molecule is FC(F)(F)c1ccc2nc(CNCc3ccc4c(c3)OCO4)[nH]c2c1. The number of imidazole rings is 1. The summed E-state index contributed by atoms with van der Waals surface area (Å²) in [6, 6.07) is 9.14. The van der Waals surface area contributed by atoms with E-state index in [-0.39, 0.29) is 6.79 Å². The first-order valence-corrected chi connectivity index (χ1v) is 7.64. The van der Waals surface area contributed by atoms with Crippen molar-refractivity contribution >= 4 is 11.0 Å². The third-order valence-corrected chi connectivity index (χ3v) is 3.92. The second-order valence-corrected chi connectivity index (χ2v) is 5.70. The monoisotopic (exact) mass is 349 g/mol. The Kier molecular flexibility index (Phi) is 3.76. The molecule has 2 N–H and O–H groups in total. The molecule has 0 radical (unpaired) electrons. The van der Waals surface area contributed by atoms with E-state index in [0.29, 0.717) is 35.7 Å². The van der Waals surface area contributed by atoms with E-state index in [1.54, 1.807) is 0 Å². The van der Waals surface area contributed by atoms with Crippen LogP contribution >= 0.6 is 0 Å². The molecule has 0 saturated heterocycles. The number of ether oxygens (including phenoxy) is 2. The second kappa shape index (κ2) is 5.96. The zero-order valence-corrected chi connectivity index (χ0v) is 13.0. The summed E-state index contributed by atoms with van der Waals surface area (Å²) >= 11 is 0. The topological polar surface area (TPSA) is 59.2 Å². The summed E-state index contributed by atoms with van der Waals surface area (Å²) in [5.74, 6) is 2.01. The van der Waals surface area contributed by atoms with Crippen molar-refractivity contribution < 1.29 is 22.6 Å². The van der Waals surface area contributed by atoms with Gasteiger partial charge in [-0.25, -0.2) is 4.98 Å². The Labute approximate surface area is 140 Å². The van der Waals surface area contributed by atoms with Gasteiger partial charge in [0.1, 0.15) is 5.82 Å². The zero-order valence-electron chi connectivity index (χ0n) is 13.0. The number of aromatic amines is 1. The highest BCUT2D eigenvalue weighted by molar-refractivity contribution is 5.76. The summed E-state index contributed by atoms with van der Waals surface area (Å²) < 4.78 is 48.8. The van der Waals surface area contributed by atoms with Gasteiger partial charge >= 0.3 is 6.18 Å². The van der Waals surface area contributed by atoms with Gasteiger partial charge in [0.05, 0.1) is 23.1 Å². The average Bonchev–Trinajstić information content (AvgIpc) is 3.18. The number of hydrogen-bond donors (Lipinski definition) is 2. The Morgan fingerprint density at radius 3 is 2.72 bits per heavy atom. The van der Waals surface area contributed by atoms with Crippen LogP contribution in [-0.2, 0) is 19.3 Å². The maximum atomic E-state index is 12.7. The summed E-state index contributed by atoms with van der Waals surface area (Å²) in [6.45, 7) is 1.21. The minimum Gasteiger partial charge on any atom is -0.454 e. The zero-order chi connectivity index (χ0) is 17.4. The van der Waals surface area contributed by atoms with Crippen LogP contribution < -0.4 is 14.8 Å². The number of hydrogen-bond acceptors (Lipinski definition) is 4. The lowest BCUT2D eigenvalue weighted by molar-refractivity contribution is -0.137. The van der Waals surface area contributed by atoms with Crippen LogP contribution in [0.5, 0.6) is 11.5 Å². The molecule has 1 aliphatic heterocycles. The van der Waals surface area contributed by atoms with Crippen LogP contribution in [0.25, 0.3) is 11.0 Å². The number of rotatable bonds is 4. The molecule has 130 valence electrons. The number of H-pyrrole nitrogens is 1. The van der Waals surface area contributed by atoms with Gasteiger partial charge in [-0.05, 0) is 35.9 Å². The normalized spacial score (nSPS) is 13.6. The lowest BCUT2D eigenvalue weighted by Gasteiger charge is -2.05. The largest absolute Gasteiger partial charge is 0.454 e. The molecule has 1 aromatic heterocycles. The minimum atomic E-state index is -4.36. The predicted molar refractivity (Wildman–Crippen MR) is 84.2 cm³/mol. The molecule has 1 aliphatic rings. The van der Waals surface area contributed by atoms with Crippen molar-refractivity contribution in [3.05, 3.63) is 53.3 Å². The summed E-state index contributed by atoms with van der Waals surface area (Å²) in [5.41, 5.74) is 1.20. The first-order chi connectivity index (χ1) is 12.0. The van der Waals surface area contributed by atoms with Crippen molar-refractivity contribution in [1.82, 2.24) is 15.3 Å². The molecule has 0 amide bonds. The molecule has 2 aromatic carbocycles. The summed E-state index contributed by atoms with van der Waals surface area (Å²) in [5, 5.41) is 3.20. The van der Waals surface area contributed by atoms with Crippen molar-refractivity contribution in [3.8, 4) is 11.5 Å². The van der Waals surface area contributed by atoms with Crippen LogP contribution in [0.3, 0.4) is 0 Å². The highest BCUT2D eigenvalue weighted by Crippen LogP contribution is 2.32. The molecule has 5 nitrogen and oxygen atoms in total. The van der Waals surface area contributed by atoms with Gasteiger partial charge in [-0.3, -0.25) is 0 Å². The molecule has 0 saturated carbocycles. The number of benzene rings is 2. The van der Waals surface area contributed by atoms with Crippen LogP contribution in [0.2, 0.25) is 0 Å². The fourth-order valence-electron chi connectivity index (χ4n) is 2.70. The molecule has 0 bridgehead atoms. The number of alkyl halides is 3. The van der Waals surface area contributed by atoms with Gasteiger partial charge in [0, 0.05) is 6.54 Å². The van der Waals surface area contributed by atoms with E-state index in [9.17, 15) is 13.2 Å². The molecule has 0 unspecified atom stereocenters. The second-order valence-electron chi connectivity index (χ2n) is 5.70. The van der Waals surface area contributed by atoms with Crippen LogP contribution in [-0.4, -0.2) is 16.8 Å². The number of nitrogens with one attached hydrogen (secondary N) is 2. The highest BCUT2D eigenvalue weighted by atomic mass is 19.4. The average molecular weight is 349 g/mol. The Morgan fingerprint density at radius 2 is 1.88 bits per heavy atom. The van der Waals surface area contributed by atoms with E-state index in [2.05, 4.69) is 15.3 Å². The first kappa shape index (κ1) is 15.8. The number of aromatic nitrogens is 2. The molecular formula is C17H14F3N3O2. The molecule has 0 fully saturated rings. The van der Waals surface area contributed by atoms with Crippen LogP contribution in [0.15, 0.2) is 36.4 Å². The van der Waals surface area contributed by atoms with Gasteiger partial charge in [0.25, 0.3) is 0 Å². The van der Waals surface area contributed by atoms with Gasteiger partial charge in [-0.1, -0.05) is 6.07 Å². The third-order valence-electron chi connectivity index (χ3n) is 3.92. The molecule has 0 aliphatic carbocycles. The molecule has 4 rings (SSSR count). The van der Waals surface area contributed by atoms with Crippen LogP contribution in [0.1, 0.15) is 17.0 Å². The van der Waals surface area contributed by atoms with Gasteiger partial charge in [-0.2, -0.15) is 13.2 Å². The van der Waals surface area contributed by atoms with E-state index in [0.717, 1.165) is 23.4 Å². The maximum Gasteiger partial charge on any atom is 0.416 e. The highest BCUT2D eigenvalue weighted by Gasteiger charge is 2.30. The van der Waals surface area contributed by atoms with Crippen LogP contribution in [0, 0.1) is 0 Å². The number of fused-ring (bicyclic) bond motifs is 2. The van der Waals surface area contributed by atoms with Crippen molar-refractivity contribution in [1.29, 1.82) is 0 Å². The fourth-order valence-corrected chi connectivity index (χ4v) is 2.70. The molecule has 8 heteroatoms. The van der Waals surface area contributed by atoms with E-state index >= 15 is 0 Å². The van der Waals surface area contributed by atoms with E-state index < -0.39 is 11.7 Å². The van der Waals surface area contributed by atoms with Gasteiger partial charge in [0.2, 0.25) is 6.79 Å². The number of halogens is 3. The molecule has 3 aromatic rings. The van der Waals surface area contributed by atoms with Crippen molar-refractivity contribution in [3.63, 3.8) is 0 Å². The maximum absolute atomic E-state index is 12.7. The van der Waals surface area contributed by atoms with E-state index in [1.165, 1.54) is 6.07 Å². The molecule has 2 heterocycles. The predicted octanol–water partition coefficient (Wildman–Crippen LogP) is 3.60. The lowest BCUT2D eigenvalue weighted by atomic mass is 10.2. The van der Waals surface area contributed by atoms with Crippen molar-refractivity contribution in [2.45, 2.75) is 19.3 Å². The van der Waals surface area contributed by atoms with Crippen molar-refractivity contribution in [2.24, 2.45) is 0 Å². The Morgan fingerprint density at radius 1 is 1.04 bits per heavy atom. The minimum absolute atomic E-state index is 0.227. The summed E-state index contributed by atoms with van der Waals surface area (Å²) in [6.07, 6.45) is -4.36. The number of nitrogens with zero attached hydrogens (tertiary/aromatic N) is 1.